The van der Waals surface area contributed by atoms with Crippen LogP contribution >= 0.6 is 0 Å². The van der Waals surface area contributed by atoms with Crippen LogP contribution in [0.2, 0.25) is 0 Å². The van der Waals surface area contributed by atoms with Gasteiger partial charge in [0.2, 0.25) is 11.8 Å². The van der Waals surface area contributed by atoms with Crippen LogP contribution in [-0.2, 0) is 42.5 Å². The molecule has 12 nitrogen and oxygen atoms in total. The van der Waals surface area contributed by atoms with Crippen molar-refractivity contribution in [1.82, 2.24) is 18.5 Å². The van der Waals surface area contributed by atoms with E-state index in [0.29, 0.717) is 37.8 Å². The smallest absolute Gasteiger partial charge is 0.317 e. The number of carbonyl (C=O) groups is 4. The lowest BCUT2D eigenvalue weighted by atomic mass is 9.89. The van der Waals surface area contributed by atoms with Crippen molar-refractivity contribution in [2.45, 2.75) is 72.0 Å². The number of nitrogens with zero attached hydrogens (tertiary/aromatic N) is 3. The number of hydrogen-bond donors (Lipinski definition) is 3. The molecule has 2 heterocycles. The lowest BCUT2D eigenvalue weighted by Crippen LogP contribution is -2.61. The van der Waals surface area contributed by atoms with E-state index in [4.69, 9.17) is 0 Å². The highest BCUT2D eigenvalue weighted by Gasteiger charge is 2.49. The molecule has 0 bridgehead atoms. The molecule has 0 spiro atoms. The fourth-order valence-corrected chi connectivity index (χ4v) is 7.10. The third kappa shape index (κ3) is 6.64. The van der Waals surface area contributed by atoms with Crippen LogP contribution in [0.25, 0.3) is 10.9 Å². The number of nitrogens with one attached hydrogen (secondary N) is 1. The number of aliphatic carboxylic acids is 2. The van der Waals surface area contributed by atoms with Crippen LogP contribution in [0.4, 0.5) is 0 Å². The summed E-state index contributed by atoms with van der Waals surface area (Å²) >= 11 is 0. The Morgan fingerprint density at radius 2 is 1.70 bits per heavy atom. The number of para-hydroxylation sites is 1. The summed E-state index contributed by atoms with van der Waals surface area (Å²) < 4.78 is 31.7. The number of amides is 2. The van der Waals surface area contributed by atoms with Crippen LogP contribution in [0.5, 0.6) is 0 Å². The Bertz CT molecular complexity index is 1340. The number of fused-ring (bicyclic) bond motifs is 1. The molecular formula is C27H38N4O8S. The molecule has 1 aromatic heterocycles. The van der Waals surface area contributed by atoms with E-state index in [1.54, 1.807) is 10.8 Å². The largest absolute Gasteiger partial charge is 0.481 e. The highest BCUT2D eigenvalue weighted by Crippen LogP contribution is 2.33. The second-order valence-electron chi connectivity index (χ2n) is 10.1. The molecule has 13 heteroatoms. The van der Waals surface area contributed by atoms with Gasteiger partial charge in [-0.05, 0) is 37.8 Å². The molecule has 1 aliphatic rings. The lowest BCUT2D eigenvalue weighted by Gasteiger charge is -2.42. The van der Waals surface area contributed by atoms with E-state index in [2.05, 4.69) is 5.32 Å². The van der Waals surface area contributed by atoms with Gasteiger partial charge < -0.3 is 20.1 Å². The molecule has 1 unspecified atom stereocenters. The van der Waals surface area contributed by atoms with Crippen molar-refractivity contribution in [3.05, 3.63) is 36.0 Å². The zero-order valence-corrected chi connectivity index (χ0v) is 23.9. The van der Waals surface area contributed by atoms with Gasteiger partial charge in [-0.2, -0.15) is 12.7 Å². The fraction of sp³-hybridized carbons (Fsp3) is 0.556. The van der Waals surface area contributed by atoms with E-state index < -0.39 is 52.4 Å². The average molecular weight is 579 g/mol. The number of benzene rings is 1. The zero-order chi connectivity index (χ0) is 29.6. The van der Waals surface area contributed by atoms with Crippen molar-refractivity contribution < 1.29 is 37.8 Å². The van der Waals surface area contributed by atoms with Gasteiger partial charge in [0, 0.05) is 42.8 Å². The van der Waals surface area contributed by atoms with Crippen LogP contribution in [0, 0.1) is 11.8 Å². The number of hydrogen-bond acceptors (Lipinski definition) is 6. The monoisotopic (exact) mass is 578 g/mol. The van der Waals surface area contributed by atoms with Gasteiger partial charge in [0.05, 0.1) is 5.92 Å². The Morgan fingerprint density at radius 1 is 1.07 bits per heavy atom. The van der Waals surface area contributed by atoms with Gasteiger partial charge in [0.1, 0.15) is 6.54 Å². The fourth-order valence-electron chi connectivity index (χ4n) is 5.21. The van der Waals surface area contributed by atoms with Crippen molar-refractivity contribution >= 4 is 44.9 Å². The predicted octanol–water partition coefficient (Wildman–Crippen LogP) is 2.43. The molecule has 1 saturated heterocycles. The van der Waals surface area contributed by atoms with Crippen LogP contribution in [0.15, 0.2) is 30.5 Å². The predicted molar refractivity (Wildman–Crippen MR) is 147 cm³/mol. The van der Waals surface area contributed by atoms with Gasteiger partial charge in [-0.3, -0.25) is 19.2 Å². The summed E-state index contributed by atoms with van der Waals surface area (Å²) in [5.74, 6) is -6.92. The molecule has 1 aromatic carbocycles. The first kappa shape index (κ1) is 31.1. The standard InChI is InChI=1S/C27H38N4O8S/c1-4-9-20(10-5-2)30(40(38,39)31-15-18(25(31)33)13-22(26(34)35)27(36)37)16-19-14-29(17-24(32)28-6-3)23-12-8-7-11-21(19)23/h7-8,11-12,14,18,20,22H,4-6,9-10,13,15-17H2,1-3H3,(H,28,32)(H,34,35)(H,36,37). The SMILES string of the molecule is CCCC(CCC)N(Cc1cn(CC(=O)NCC)c2ccccc12)S(=O)(=O)N1CC(CC(C(=O)O)C(=O)O)C1=O. The maximum atomic E-state index is 14.0. The summed E-state index contributed by atoms with van der Waals surface area (Å²) in [6, 6.07) is 7.00. The van der Waals surface area contributed by atoms with E-state index in [1.807, 2.05) is 45.0 Å². The minimum atomic E-state index is -4.32. The van der Waals surface area contributed by atoms with Crippen LogP contribution in [0.3, 0.4) is 0 Å². The summed E-state index contributed by atoms with van der Waals surface area (Å²) in [6.45, 7) is 5.97. The number of rotatable bonds is 16. The molecule has 0 aliphatic carbocycles. The first-order valence-electron chi connectivity index (χ1n) is 13.6. The third-order valence-electron chi connectivity index (χ3n) is 7.21. The quantitative estimate of drug-likeness (QED) is 0.202. The number of β-lactam (4-membered cyclic amide) rings is 1. The van der Waals surface area contributed by atoms with Gasteiger partial charge in [-0.1, -0.05) is 44.9 Å². The Hall–Kier alpha value is -3.45. The summed E-state index contributed by atoms with van der Waals surface area (Å²) in [4.78, 5) is 47.9. The highest BCUT2D eigenvalue weighted by atomic mass is 32.2. The van der Waals surface area contributed by atoms with Gasteiger partial charge in [0.25, 0.3) is 0 Å². The van der Waals surface area contributed by atoms with Crippen LogP contribution in [0.1, 0.15) is 58.4 Å². The Morgan fingerprint density at radius 3 is 2.25 bits per heavy atom. The molecule has 3 N–H and O–H groups in total. The molecule has 1 fully saturated rings. The highest BCUT2D eigenvalue weighted by molar-refractivity contribution is 7.87. The first-order valence-corrected chi connectivity index (χ1v) is 15.0. The third-order valence-corrected chi connectivity index (χ3v) is 9.11. The number of aromatic nitrogens is 1. The maximum absolute atomic E-state index is 14.0. The average Bonchev–Trinajstić information content (AvgIpc) is 3.22. The molecular weight excluding hydrogens is 540 g/mol. The van der Waals surface area contributed by atoms with Crippen molar-refractivity contribution in [1.29, 1.82) is 0 Å². The number of likely N-dealkylation sites (N-methyl/N-ethyl adjacent to an activating group) is 1. The topological polar surface area (TPSA) is 166 Å². The van der Waals surface area contributed by atoms with Gasteiger partial charge in [-0.15, -0.1) is 0 Å². The molecule has 2 aromatic rings. The summed E-state index contributed by atoms with van der Waals surface area (Å²) in [7, 11) is -4.32. The van der Waals surface area contributed by atoms with E-state index in [-0.39, 0.29) is 25.5 Å². The molecule has 3 rings (SSSR count). The van der Waals surface area contributed by atoms with Crippen LogP contribution < -0.4 is 5.32 Å². The van der Waals surface area contributed by atoms with Gasteiger partial charge in [0.15, 0.2) is 5.92 Å². The normalized spacial score (nSPS) is 15.7. The Balaban J connectivity index is 1.96. The molecule has 220 valence electrons. The van der Waals surface area contributed by atoms with Crippen molar-refractivity contribution in [3.8, 4) is 0 Å². The van der Waals surface area contributed by atoms with Crippen molar-refractivity contribution in [2.75, 3.05) is 13.1 Å². The van der Waals surface area contributed by atoms with Gasteiger partial charge in [-0.25, -0.2) is 4.31 Å². The maximum Gasteiger partial charge on any atom is 0.317 e. The second-order valence-corrected chi connectivity index (χ2v) is 11.9. The Labute approximate surface area is 234 Å². The van der Waals surface area contributed by atoms with E-state index in [0.717, 1.165) is 15.2 Å². The number of carboxylic acids is 2. The second kappa shape index (κ2) is 13.3. The van der Waals surface area contributed by atoms with Crippen LogP contribution in [-0.4, -0.2) is 74.7 Å². The molecule has 1 aliphatic heterocycles. The van der Waals surface area contributed by atoms with Gasteiger partial charge >= 0.3 is 22.1 Å². The molecule has 0 saturated carbocycles. The van der Waals surface area contributed by atoms with E-state index in [1.165, 1.54) is 4.31 Å². The van der Waals surface area contributed by atoms with Crippen molar-refractivity contribution in [2.24, 2.45) is 11.8 Å². The lowest BCUT2D eigenvalue weighted by molar-refractivity contribution is -0.157. The van der Waals surface area contributed by atoms with E-state index in [9.17, 15) is 37.8 Å². The number of carbonyl (C=O) groups excluding carboxylic acids is 2. The minimum Gasteiger partial charge on any atom is -0.481 e. The summed E-state index contributed by atoms with van der Waals surface area (Å²) in [5, 5.41) is 21.9. The van der Waals surface area contributed by atoms with Crippen molar-refractivity contribution in [3.63, 3.8) is 0 Å². The molecule has 1 atom stereocenters. The van der Waals surface area contributed by atoms with E-state index >= 15 is 0 Å². The molecule has 0 radical (unpaired) electrons. The Kier molecular flexibility index (Phi) is 10.3. The molecule has 2 amide bonds. The number of carboxylic acid groups (broad SMARTS) is 2. The zero-order valence-electron chi connectivity index (χ0n) is 23.1. The minimum absolute atomic E-state index is 0.0305. The molecule has 40 heavy (non-hydrogen) atoms. The first-order chi connectivity index (χ1) is 19.0. The summed E-state index contributed by atoms with van der Waals surface area (Å²) in [5.41, 5.74) is 1.46. The summed E-state index contributed by atoms with van der Waals surface area (Å²) in [6.07, 6.45) is 3.85.